The van der Waals surface area contributed by atoms with Crippen LogP contribution in [0.25, 0.3) is 16.7 Å². The van der Waals surface area contributed by atoms with Crippen LogP contribution in [0, 0.1) is 18.3 Å². The van der Waals surface area contributed by atoms with Gasteiger partial charge in [-0.25, -0.2) is 4.98 Å². The number of nitriles is 1. The summed E-state index contributed by atoms with van der Waals surface area (Å²) in [4.78, 5) is 4.78. The molecule has 4 nitrogen and oxygen atoms in total. The van der Waals surface area contributed by atoms with E-state index in [0.717, 1.165) is 41.0 Å². The van der Waals surface area contributed by atoms with Crippen molar-refractivity contribution in [3.63, 3.8) is 0 Å². The largest absolute Gasteiger partial charge is 0.371 e. The number of aromatic nitrogens is 2. The Morgan fingerprint density at radius 2 is 1.63 bits per heavy atom. The summed E-state index contributed by atoms with van der Waals surface area (Å²) in [7, 11) is 0. The number of fused-ring (bicyclic) bond motifs is 3. The van der Waals surface area contributed by atoms with Crippen LogP contribution >= 0.6 is 0 Å². The molecule has 0 spiro atoms. The second kappa shape index (κ2) is 11.0. The first-order valence-electron chi connectivity index (χ1n) is 11.8. The zero-order chi connectivity index (χ0) is 21.3. The summed E-state index contributed by atoms with van der Waals surface area (Å²) in [5.41, 5.74) is 5.73. The number of unbranched alkanes of at least 4 members (excludes halogenated alkanes) is 8. The second-order valence-electron chi connectivity index (χ2n) is 8.31. The number of nitrogens with one attached hydrogen (secondary N) is 1. The lowest BCUT2D eigenvalue weighted by Gasteiger charge is -2.18. The number of hydrogen-bond donors (Lipinski definition) is 1. The average Bonchev–Trinajstić information content (AvgIpc) is 3.14. The van der Waals surface area contributed by atoms with Crippen LogP contribution in [0.3, 0.4) is 0 Å². The first kappa shape index (κ1) is 22.2. The fraction of sp³-hybridized carbons (Fsp3) is 0.538. The Morgan fingerprint density at radius 1 is 0.967 bits per heavy atom. The van der Waals surface area contributed by atoms with Gasteiger partial charge < -0.3 is 5.32 Å². The van der Waals surface area contributed by atoms with Gasteiger partial charge in [-0.2, -0.15) is 5.26 Å². The average molecular weight is 405 g/mol. The lowest BCUT2D eigenvalue weighted by atomic mass is 10.0. The Kier molecular flexibility index (Phi) is 8.13. The minimum atomic E-state index is 0.691. The molecule has 0 aliphatic rings. The summed E-state index contributed by atoms with van der Waals surface area (Å²) in [6.45, 7) is 7.45. The monoisotopic (exact) mass is 404 g/mol. The Bertz CT molecular complexity index is 1010. The van der Waals surface area contributed by atoms with Crippen LogP contribution in [-0.2, 0) is 6.42 Å². The molecule has 0 aliphatic carbocycles. The van der Waals surface area contributed by atoms with Crippen molar-refractivity contribution >= 4 is 22.5 Å². The van der Waals surface area contributed by atoms with Gasteiger partial charge in [0.2, 0.25) is 0 Å². The van der Waals surface area contributed by atoms with Crippen molar-refractivity contribution in [3.05, 3.63) is 41.0 Å². The van der Waals surface area contributed by atoms with E-state index in [1.165, 1.54) is 63.4 Å². The molecule has 0 unspecified atom stereocenters. The van der Waals surface area contributed by atoms with Crippen LogP contribution in [0.5, 0.6) is 0 Å². The van der Waals surface area contributed by atoms with Crippen LogP contribution in [0.2, 0.25) is 0 Å². The van der Waals surface area contributed by atoms with Gasteiger partial charge in [0.05, 0.1) is 16.6 Å². The summed E-state index contributed by atoms with van der Waals surface area (Å²) < 4.78 is 2.16. The summed E-state index contributed by atoms with van der Waals surface area (Å²) in [5, 5.41) is 13.5. The maximum atomic E-state index is 9.79. The zero-order valence-electron chi connectivity index (χ0n) is 18.9. The number of benzene rings is 1. The molecule has 0 fully saturated rings. The van der Waals surface area contributed by atoms with Crippen molar-refractivity contribution in [3.8, 4) is 6.07 Å². The van der Waals surface area contributed by atoms with Gasteiger partial charge in [0.1, 0.15) is 11.9 Å². The molecule has 0 saturated carbocycles. The molecule has 3 aromatic rings. The molecule has 4 heteroatoms. The Morgan fingerprint density at radius 3 is 2.30 bits per heavy atom. The highest BCUT2D eigenvalue weighted by Gasteiger charge is 2.19. The van der Waals surface area contributed by atoms with Gasteiger partial charge in [0.15, 0.2) is 5.65 Å². The van der Waals surface area contributed by atoms with Crippen LogP contribution < -0.4 is 5.32 Å². The van der Waals surface area contributed by atoms with E-state index in [2.05, 4.69) is 42.6 Å². The molecule has 2 aromatic heterocycles. The van der Waals surface area contributed by atoms with E-state index >= 15 is 0 Å². The minimum Gasteiger partial charge on any atom is -0.371 e. The van der Waals surface area contributed by atoms with E-state index in [0.29, 0.717) is 5.56 Å². The number of pyridine rings is 1. The molecule has 0 radical (unpaired) electrons. The number of hydrogen-bond acceptors (Lipinski definition) is 3. The minimum absolute atomic E-state index is 0.691. The highest BCUT2D eigenvalue weighted by molar-refractivity contribution is 5.86. The lowest BCUT2D eigenvalue weighted by molar-refractivity contribution is 0.569. The maximum Gasteiger partial charge on any atom is 0.157 e. The fourth-order valence-corrected chi connectivity index (χ4v) is 4.45. The molecular formula is C26H36N4. The van der Waals surface area contributed by atoms with Crippen molar-refractivity contribution in [1.29, 1.82) is 5.26 Å². The maximum absolute atomic E-state index is 9.79. The Hall–Kier alpha value is -2.54. The van der Waals surface area contributed by atoms with E-state index in [1.54, 1.807) is 0 Å². The number of anilines is 1. The van der Waals surface area contributed by atoms with Gasteiger partial charge in [0.25, 0.3) is 0 Å². The molecule has 1 aromatic carbocycles. The van der Waals surface area contributed by atoms with Crippen molar-refractivity contribution in [1.82, 2.24) is 9.38 Å². The van der Waals surface area contributed by atoms with Crippen LogP contribution in [0.15, 0.2) is 24.3 Å². The third kappa shape index (κ3) is 4.78. The van der Waals surface area contributed by atoms with E-state index in [4.69, 9.17) is 4.98 Å². The molecule has 0 bridgehead atoms. The van der Waals surface area contributed by atoms with Gasteiger partial charge in [-0.1, -0.05) is 77.3 Å². The quantitative estimate of drug-likeness (QED) is 0.325. The summed E-state index contributed by atoms with van der Waals surface area (Å²) in [5.74, 6) is 1.11. The van der Waals surface area contributed by atoms with Crippen molar-refractivity contribution < 1.29 is 0 Å². The van der Waals surface area contributed by atoms with Crippen molar-refractivity contribution in [2.75, 3.05) is 11.9 Å². The van der Waals surface area contributed by atoms with Crippen LogP contribution in [0.4, 0.5) is 5.82 Å². The van der Waals surface area contributed by atoms with Gasteiger partial charge in [-0.05, 0) is 43.0 Å². The number of rotatable bonds is 12. The van der Waals surface area contributed by atoms with Crippen molar-refractivity contribution in [2.24, 2.45) is 0 Å². The van der Waals surface area contributed by atoms with Crippen LogP contribution in [-0.4, -0.2) is 15.9 Å². The van der Waals surface area contributed by atoms with Crippen LogP contribution in [0.1, 0.15) is 88.3 Å². The molecule has 0 atom stereocenters. The SMILES string of the molecule is CCCCCCCCCCCNc1c(CC)c(C)c(C#N)c2nc3ccccc3n12. The molecular weight excluding hydrogens is 368 g/mol. The topological polar surface area (TPSA) is 53.1 Å². The van der Waals surface area contributed by atoms with Gasteiger partial charge >= 0.3 is 0 Å². The van der Waals surface area contributed by atoms with Gasteiger partial charge in [-0.15, -0.1) is 0 Å². The smallest absolute Gasteiger partial charge is 0.157 e. The first-order valence-corrected chi connectivity index (χ1v) is 11.8. The number of imidazole rings is 1. The Labute approximate surface area is 181 Å². The van der Waals surface area contributed by atoms with E-state index < -0.39 is 0 Å². The van der Waals surface area contributed by atoms with E-state index in [1.807, 2.05) is 18.2 Å². The van der Waals surface area contributed by atoms with Gasteiger partial charge in [0, 0.05) is 6.54 Å². The third-order valence-corrected chi connectivity index (χ3v) is 6.16. The predicted molar refractivity (Wildman–Crippen MR) is 127 cm³/mol. The lowest BCUT2D eigenvalue weighted by Crippen LogP contribution is -2.12. The standard InChI is InChI=1S/C26H36N4/c1-4-6-7-8-9-10-11-12-15-18-28-25-21(5-2)20(3)22(19-27)26-29-23-16-13-14-17-24(23)30(25)26/h13-14,16-17,28H,4-12,15,18H2,1-3H3. The molecule has 0 saturated heterocycles. The zero-order valence-corrected chi connectivity index (χ0v) is 18.9. The molecule has 2 heterocycles. The summed E-state index contributed by atoms with van der Waals surface area (Å²) >= 11 is 0. The predicted octanol–water partition coefficient (Wildman–Crippen LogP) is 7.17. The number of nitrogens with zero attached hydrogens (tertiary/aromatic N) is 3. The number of para-hydroxylation sites is 2. The Balaban J connectivity index is 1.71. The molecule has 1 N–H and O–H groups in total. The summed E-state index contributed by atoms with van der Waals surface area (Å²) in [6.07, 6.45) is 12.9. The third-order valence-electron chi connectivity index (χ3n) is 6.16. The molecule has 0 amide bonds. The first-order chi connectivity index (χ1) is 14.7. The highest BCUT2D eigenvalue weighted by atomic mass is 15.1. The molecule has 0 aliphatic heterocycles. The molecule has 3 rings (SSSR count). The normalized spacial score (nSPS) is 11.3. The van der Waals surface area contributed by atoms with E-state index in [9.17, 15) is 5.26 Å². The summed E-state index contributed by atoms with van der Waals surface area (Å²) in [6, 6.07) is 10.6. The second-order valence-corrected chi connectivity index (χ2v) is 8.31. The van der Waals surface area contributed by atoms with Crippen molar-refractivity contribution in [2.45, 2.75) is 85.0 Å². The molecule has 160 valence electrons. The molecule has 30 heavy (non-hydrogen) atoms. The highest BCUT2D eigenvalue weighted by Crippen LogP contribution is 2.31. The van der Waals surface area contributed by atoms with Gasteiger partial charge in [-0.3, -0.25) is 4.40 Å². The van der Waals surface area contributed by atoms with E-state index in [-0.39, 0.29) is 0 Å². The fourth-order valence-electron chi connectivity index (χ4n) is 4.45.